The van der Waals surface area contributed by atoms with Crippen molar-refractivity contribution >= 4 is 11.8 Å². The Balaban J connectivity index is 1.81. The number of oxazole rings is 1. The van der Waals surface area contributed by atoms with Crippen LogP contribution < -0.4 is 5.32 Å². The highest BCUT2D eigenvalue weighted by atomic mass is 32.2. The van der Waals surface area contributed by atoms with E-state index in [0.29, 0.717) is 11.3 Å². The van der Waals surface area contributed by atoms with Crippen molar-refractivity contribution in [3.63, 3.8) is 0 Å². The van der Waals surface area contributed by atoms with Crippen LogP contribution in [-0.2, 0) is 0 Å². The van der Waals surface area contributed by atoms with Crippen LogP contribution in [0.5, 0.6) is 0 Å². The van der Waals surface area contributed by atoms with Gasteiger partial charge in [0.15, 0.2) is 0 Å². The molecule has 0 aliphatic heterocycles. The number of nitrogens with zero attached hydrogens (tertiary/aromatic N) is 1. The van der Waals surface area contributed by atoms with E-state index in [1.54, 1.807) is 11.8 Å². The highest BCUT2D eigenvalue weighted by molar-refractivity contribution is 7.99. The van der Waals surface area contributed by atoms with E-state index in [1.807, 2.05) is 13.8 Å². The van der Waals surface area contributed by atoms with Gasteiger partial charge < -0.3 is 9.73 Å². The van der Waals surface area contributed by atoms with Crippen molar-refractivity contribution in [1.82, 2.24) is 10.3 Å². The molecule has 2 unspecified atom stereocenters. The molecule has 2 atom stereocenters. The van der Waals surface area contributed by atoms with Gasteiger partial charge in [-0.1, -0.05) is 18.7 Å². The first-order chi connectivity index (χ1) is 8.19. The summed E-state index contributed by atoms with van der Waals surface area (Å²) in [6, 6.07) is 0.699. The minimum atomic E-state index is 0.668. The van der Waals surface area contributed by atoms with Crippen molar-refractivity contribution < 1.29 is 4.42 Å². The summed E-state index contributed by atoms with van der Waals surface area (Å²) in [5, 5.41) is 5.12. The van der Waals surface area contributed by atoms with Crippen molar-refractivity contribution in [3.8, 4) is 0 Å². The van der Waals surface area contributed by atoms with E-state index < -0.39 is 0 Å². The maximum atomic E-state index is 5.62. The van der Waals surface area contributed by atoms with Crippen LogP contribution in [0.3, 0.4) is 0 Å². The molecule has 0 saturated heterocycles. The van der Waals surface area contributed by atoms with Gasteiger partial charge in [0.25, 0.3) is 5.22 Å². The number of aryl methyl sites for hydroxylation is 2. The lowest BCUT2D eigenvalue weighted by Crippen LogP contribution is -2.27. The molecule has 1 N–H and O–H groups in total. The van der Waals surface area contributed by atoms with E-state index in [9.17, 15) is 0 Å². The maximum absolute atomic E-state index is 5.62. The second-order valence-corrected chi connectivity index (χ2v) is 6.08. The molecule has 1 aliphatic rings. The predicted molar refractivity (Wildman–Crippen MR) is 71.6 cm³/mol. The normalized spacial score (nSPS) is 24.4. The summed E-state index contributed by atoms with van der Waals surface area (Å²) in [4.78, 5) is 4.44. The van der Waals surface area contributed by atoms with Crippen molar-refractivity contribution in [2.75, 3.05) is 6.54 Å². The number of thioether (sulfide) groups is 1. The van der Waals surface area contributed by atoms with E-state index >= 15 is 0 Å². The Morgan fingerprint density at radius 2 is 2.24 bits per heavy atom. The minimum absolute atomic E-state index is 0.668. The smallest absolute Gasteiger partial charge is 0.256 e. The Hall–Kier alpha value is -0.480. The Bertz CT molecular complexity index is 345. The topological polar surface area (TPSA) is 38.1 Å². The van der Waals surface area contributed by atoms with Gasteiger partial charge in [-0.25, -0.2) is 4.98 Å². The summed E-state index contributed by atoms with van der Waals surface area (Å²) >= 11 is 1.81. The highest BCUT2D eigenvalue weighted by Gasteiger charge is 2.26. The Morgan fingerprint density at radius 3 is 2.88 bits per heavy atom. The molecule has 1 aliphatic carbocycles. The molecule has 0 amide bonds. The van der Waals surface area contributed by atoms with Gasteiger partial charge in [-0.05, 0) is 46.1 Å². The third-order valence-corrected chi connectivity index (χ3v) is 4.48. The first-order valence-electron chi connectivity index (χ1n) is 6.53. The number of hydrogen-bond donors (Lipinski definition) is 1. The van der Waals surface area contributed by atoms with Crippen molar-refractivity contribution in [2.24, 2.45) is 0 Å². The summed E-state index contributed by atoms with van der Waals surface area (Å²) in [6.07, 6.45) is 5.01. The number of aromatic nitrogens is 1. The van der Waals surface area contributed by atoms with Crippen LogP contribution >= 0.6 is 11.8 Å². The third-order valence-electron chi connectivity index (χ3n) is 3.34. The molecule has 17 heavy (non-hydrogen) atoms. The van der Waals surface area contributed by atoms with Crippen LogP contribution in [0, 0.1) is 13.8 Å². The van der Waals surface area contributed by atoms with Crippen LogP contribution in [0.4, 0.5) is 0 Å². The summed E-state index contributed by atoms with van der Waals surface area (Å²) in [6.45, 7) is 7.33. The quantitative estimate of drug-likeness (QED) is 0.875. The standard InChI is InChI=1S/C13H22N2OS/c1-4-7-14-11-5-6-12(8-11)17-13-15-9(2)10(3)16-13/h11-12,14H,4-8H2,1-3H3. The fourth-order valence-corrected chi connectivity index (χ4v) is 3.45. The molecule has 1 heterocycles. The van der Waals surface area contributed by atoms with Crippen molar-refractivity contribution in [1.29, 1.82) is 0 Å². The fraction of sp³-hybridized carbons (Fsp3) is 0.769. The van der Waals surface area contributed by atoms with Crippen LogP contribution in [0.1, 0.15) is 44.1 Å². The average Bonchev–Trinajstić information content (AvgIpc) is 2.85. The lowest BCUT2D eigenvalue weighted by Gasteiger charge is -2.11. The monoisotopic (exact) mass is 254 g/mol. The van der Waals surface area contributed by atoms with E-state index in [4.69, 9.17) is 4.42 Å². The van der Waals surface area contributed by atoms with Gasteiger partial charge in [0, 0.05) is 11.3 Å². The molecule has 0 aromatic carbocycles. The molecule has 1 fully saturated rings. The van der Waals surface area contributed by atoms with Crippen molar-refractivity contribution in [2.45, 2.75) is 63.0 Å². The molecule has 0 bridgehead atoms. The molecule has 96 valence electrons. The van der Waals surface area contributed by atoms with Crippen LogP contribution in [-0.4, -0.2) is 22.8 Å². The second-order valence-electron chi connectivity index (χ2n) is 4.83. The number of nitrogens with one attached hydrogen (secondary N) is 1. The summed E-state index contributed by atoms with van der Waals surface area (Å²) in [7, 11) is 0. The van der Waals surface area contributed by atoms with E-state index in [-0.39, 0.29) is 0 Å². The Morgan fingerprint density at radius 1 is 1.41 bits per heavy atom. The van der Waals surface area contributed by atoms with E-state index in [1.165, 1.54) is 25.7 Å². The molecule has 1 aromatic heterocycles. The SMILES string of the molecule is CCCNC1CCC(Sc2nc(C)c(C)o2)C1. The van der Waals surface area contributed by atoms with Crippen LogP contribution in [0.2, 0.25) is 0 Å². The molecule has 1 saturated carbocycles. The molecule has 0 spiro atoms. The lowest BCUT2D eigenvalue weighted by molar-refractivity contribution is 0.430. The van der Waals surface area contributed by atoms with Crippen LogP contribution in [0.15, 0.2) is 9.64 Å². The molecule has 2 rings (SSSR count). The van der Waals surface area contributed by atoms with Gasteiger partial charge in [0.05, 0.1) is 5.69 Å². The zero-order valence-corrected chi connectivity index (χ0v) is 11.8. The molecular formula is C13H22N2OS. The van der Waals surface area contributed by atoms with Gasteiger partial charge >= 0.3 is 0 Å². The second kappa shape index (κ2) is 5.91. The summed E-state index contributed by atoms with van der Waals surface area (Å²) in [5.41, 5.74) is 1.02. The molecular weight excluding hydrogens is 232 g/mol. The van der Waals surface area contributed by atoms with E-state index in [0.717, 1.165) is 23.2 Å². The number of rotatable bonds is 5. The van der Waals surface area contributed by atoms with Gasteiger partial charge in [-0.3, -0.25) is 0 Å². The Labute approximate surface area is 108 Å². The van der Waals surface area contributed by atoms with Gasteiger partial charge in [0.2, 0.25) is 0 Å². The maximum Gasteiger partial charge on any atom is 0.256 e. The predicted octanol–water partition coefficient (Wildman–Crippen LogP) is 3.30. The minimum Gasteiger partial charge on any atom is -0.437 e. The zero-order chi connectivity index (χ0) is 12.3. The summed E-state index contributed by atoms with van der Waals surface area (Å²) < 4.78 is 5.62. The first kappa shape index (κ1) is 13.0. The largest absolute Gasteiger partial charge is 0.437 e. The summed E-state index contributed by atoms with van der Waals surface area (Å²) in [5.74, 6) is 0.950. The van der Waals surface area contributed by atoms with Gasteiger partial charge in [-0.15, -0.1) is 0 Å². The third kappa shape index (κ3) is 3.49. The highest BCUT2D eigenvalue weighted by Crippen LogP contribution is 2.35. The average molecular weight is 254 g/mol. The molecule has 1 aromatic rings. The van der Waals surface area contributed by atoms with Crippen molar-refractivity contribution in [3.05, 3.63) is 11.5 Å². The van der Waals surface area contributed by atoms with Gasteiger partial charge in [0.1, 0.15) is 5.76 Å². The molecule has 3 nitrogen and oxygen atoms in total. The molecule has 4 heteroatoms. The fourth-order valence-electron chi connectivity index (χ4n) is 2.22. The lowest BCUT2D eigenvalue weighted by atomic mass is 10.2. The first-order valence-corrected chi connectivity index (χ1v) is 7.41. The zero-order valence-electron chi connectivity index (χ0n) is 11.0. The Kier molecular flexibility index (Phi) is 4.51. The van der Waals surface area contributed by atoms with Gasteiger partial charge in [-0.2, -0.15) is 0 Å². The molecule has 0 radical (unpaired) electrons. The van der Waals surface area contributed by atoms with Crippen LogP contribution in [0.25, 0.3) is 0 Å². The number of hydrogen-bond acceptors (Lipinski definition) is 4. The van der Waals surface area contributed by atoms with E-state index in [2.05, 4.69) is 17.2 Å².